The van der Waals surface area contributed by atoms with Gasteiger partial charge in [0, 0.05) is 17.5 Å². The van der Waals surface area contributed by atoms with Crippen molar-refractivity contribution in [3.8, 4) is 0 Å². The summed E-state index contributed by atoms with van der Waals surface area (Å²) < 4.78 is 0. The summed E-state index contributed by atoms with van der Waals surface area (Å²) in [5.74, 6) is 0. The lowest BCUT2D eigenvalue weighted by atomic mass is 9.88. The Kier molecular flexibility index (Phi) is 3.35. The average Bonchev–Trinajstić information content (AvgIpc) is 2.43. The third-order valence-electron chi connectivity index (χ3n) is 3.42. The topological polar surface area (TPSA) is 38.9 Å². The minimum atomic E-state index is 0.113. The summed E-state index contributed by atoms with van der Waals surface area (Å²) in [5.41, 5.74) is 9.10. The molecule has 2 N–H and O–H groups in total. The second-order valence-electron chi connectivity index (χ2n) is 4.59. The molecule has 92 valence electrons. The number of thioether (sulfide) groups is 1. The highest BCUT2D eigenvalue weighted by molar-refractivity contribution is 7.99. The highest BCUT2D eigenvalue weighted by Gasteiger charge is 2.27. The molecule has 1 aromatic carbocycles. The van der Waals surface area contributed by atoms with Crippen LogP contribution in [0.25, 0.3) is 0 Å². The van der Waals surface area contributed by atoms with Gasteiger partial charge in [0.25, 0.3) is 0 Å². The third kappa shape index (κ3) is 2.28. The summed E-state index contributed by atoms with van der Waals surface area (Å²) in [5, 5.41) is 1.49. The van der Waals surface area contributed by atoms with Crippen LogP contribution in [0.3, 0.4) is 0 Å². The number of nitrogens with two attached hydrogens (primary N) is 1. The van der Waals surface area contributed by atoms with E-state index >= 15 is 0 Å². The van der Waals surface area contributed by atoms with E-state index in [1.807, 2.05) is 18.3 Å². The smallest absolute Gasteiger partial charge is 0.0963 e. The van der Waals surface area contributed by atoms with Gasteiger partial charge in [-0.2, -0.15) is 0 Å². The molecule has 1 aliphatic rings. The molecule has 0 amide bonds. The first-order chi connectivity index (χ1) is 8.84. The SMILES string of the molecule is NC1c2ccccc2CCC1Sc1ccccn1. The van der Waals surface area contributed by atoms with Gasteiger partial charge in [-0.15, -0.1) is 11.8 Å². The van der Waals surface area contributed by atoms with Crippen LogP contribution in [0, 0.1) is 0 Å². The Hall–Kier alpha value is -1.32. The molecule has 2 nitrogen and oxygen atoms in total. The molecule has 1 aromatic heterocycles. The molecule has 2 unspecified atom stereocenters. The molecular weight excluding hydrogens is 240 g/mol. The van der Waals surface area contributed by atoms with Crippen molar-refractivity contribution in [2.24, 2.45) is 5.73 Å². The van der Waals surface area contributed by atoms with E-state index in [4.69, 9.17) is 5.73 Å². The van der Waals surface area contributed by atoms with E-state index in [2.05, 4.69) is 35.3 Å². The van der Waals surface area contributed by atoms with Crippen molar-refractivity contribution in [2.75, 3.05) is 0 Å². The van der Waals surface area contributed by atoms with Gasteiger partial charge in [0.15, 0.2) is 0 Å². The molecule has 0 saturated carbocycles. The largest absolute Gasteiger partial charge is 0.323 e. The first-order valence-electron chi connectivity index (χ1n) is 6.25. The lowest BCUT2D eigenvalue weighted by Gasteiger charge is -2.30. The molecule has 0 fully saturated rings. The maximum Gasteiger partial charge on any atom is 0.0963 e. The van der Waals surface area contributed by atoms with Crippen LogP contribution in [0.5, 0.6) is 0 Å². The Bertz CT molecular complexity index is 527. The lowest BCUT2D eigenvalue weighted by molar-refractivity contribution is 0.586. The number of pyridine rings is 1. The molecule has 0 radical (unpaired) electrons. The van der Waals surface area contributed by atoms with E-state index in [1.54, 1.807) is 11.8 Å². The van der Waals surface area contributed by atoms with Gasteiger partial charge in [0.1, 0.15) is 0 Å². The van der Waals surface area contributed by atoms with Crippen molar-refractivity contribution in [3.05, 3.63) is 59.8 Å². The predicted molar refractivity (Wildman–Crippen MR) is 75.6 cm³/mol. The molecular formula is C15H16N2S. The van der Waals surface area contributed by atoms with Crippen molar-refractivity contribution in [3.63, 3.8) is 0 Å². The maximum absolute atomic E-state index is 6.39. The quantitative estimate of drug-likeness (QED) is 0.897. The fourth-order valence-electron chi connectivity index (χ4n) is 2.47. The summed E-state index contributed by atoms with van der Waals surface area (Å²) in [6.07, 6.45) is 4.08. The minimum absolute atomic E-state index is 0.113. The Morgan fingerprint density at radius 1 is 1.11 bits per heavy atom. The molecule has 3 heteroatoms. The molecule has 18 heavy (non-hydrogen) atoms. The molecule has 2 aromatic rings. The monoisotopic (exact) mass is 256 g/mol. The van der Waals surface area contributed by atoms with Crippen LogP contribution in [0.2, 0.25) is 0 Å². The predicted octanol–water partition coefficient (Wildman–Crippen LogP) is 3.19. The van der Waals surface area contributed by atoms with Gasteiger partial charge in [-0.3, -0.25) is 0 Å². The number of benzene rings is 1. The van der Waals surface area contributed by atoms with Gasteiger partial charge < -0.3 is 5.73 Å². The van der Waals surface area contributed by atoms with Gasteiger partial charge in [-0.05, 0) is 36.1 Å². The van der Waals surface area contributed by atoms with E-state index in [-0.39, 0.29) is 6.04 Å². The van der Waals surface area contributed by atoms with Gasteiger partial charge in [0.05, 0.1) is 5.03 Å². The number of nitrogens with zero attached hydrogens (tertiary/aromatic N) is 1. The van der Waals surface area contributed by atoms with Crippen LogP contribution in [0.15, 0.2) is 53.7 Å². The molecule has 1 heterocycles. The zero-order chi connectivity index (χ0) is 12.4. The summed E-state index contributed by atoms with van der Waals surface area (Å²) in [6, 6.07) is 14.7. The van der Waals surface area contributed by atoms with Crippen LogP contribution >= 0.6 is 11.8 Å². The van der Waals surface area contributed by atoms with E-state index in [0.29, 0.717) is 5.25 Å². The van der Waals surface area contributed by atoms with Crippen LogP contribution in [0.1, 0.15) is 23.6 Å². The molecule has 1 aliphatic carbocycles. The molecule has 0 saturated heterocycles. The number of hydrogen-bond acceptors (Lipinski definition) is 3. The molecule has 3 rings (SSSR count). The Morgan fingerprint density at radius 2 is 1.94 bits per heavy atom. The fraction of sp³-hybridized carbons (Fsp3) is 0.267. The maximum atomic E-state index is 6.39. The van der Waals surface area contributed by atoms with E-state index in [1.165, 1.54) is 11.1 Å². The Morgan fingerprint density at radius 3 is 2.78 bits per heavy atom. The Balaban J connectivity index is 1.81. The van der Waals surface area contributed by atoms with Gasteiger partial charge in [-0.1, -0.05) is 30.3 Å². The second kappa shape index (κ2) is 5.12. The second-order valence-corrected chi connectivity index (χ2v) is 5.85. The van der Waals surface area contributed by atoms with E-state index in [9.17, 15) is 0 Å². The third-order valence-corrected chi connectivity index (χ3v) is 4.74. The molecule has 0 spiro atoms. The number of rotatable bonds is 2. The minimum Gasteiger partial charge on any atom is -0.323 e. The zero-order valence-electron chi connectivity index (χ0n) is 10.1. The van der Waals surface area contributed by atoms with Crippen LogP contribution in [-0.4, -0.2) is 10.2 Å². The summed E-state index contributed by atoms with van der Waals surface area (Å²) in [7, 11) is 0. The van der Waals surface area contributed by atoms with Gasteiger partial charge >= 0.3 is 0 Å². The first kappa shape index (κ1) is 11.8. The number of fused-ring (bicyclic) bond motifs is 1. The van der Waals surface area contributed by atoms with Crippen LogP contribution in [-0.2, 0) is 6.42 Å². The summed E-state index contributed by atoms with van der Waals surface area (Å²) in [6.45, 7) is 0. The Labute approximate surface area is 112 Å². The molecule has 2 atom stereocenters. The van der Waals surface area contributed by atoms with Crippen molar-refractivity contribution in [1.82, 2.24) is 4.98 Å². The van der Waals surface area contributed by atoms with Crippen molar-refractivity contribution < 1.29 is 0 Å². The van der Waals surface area contributed by atoms with Crippen molar-refractivity contribution in [2.45, 2.75) is 29.2 Å². The van der Waals surface area contributed by atoms with Crippen LogP contribution in [0.4, 0.5) is 0 Å². The fourth-order valence-corrected chi connectivity index (χ4v) is 3.59. The van der Waals surface area contributed by atoms with Gasteiger partial charge in [0.2, 0.25) is 0 Å². The summed E-state index contributed by atoms with van der Waals surface area (Å²) >= 11 is 1.80. The highest BCUT2D eigenvalue weighted by atomic mass is 32.2. The van der Waals surface area contributed by atoms with Crippen molar-refractivity contribution >= 4 is 11.8 Å². The van der Waals surface area contributed by atoms with Crippen LogP contribution < -0.4 is 5.73 Å². The van der Waals surface area contributed by atoms with Crippen molar-refractivity contribution in [1.29, 1.82) is 0 Å². The standard InChI is InChI=1S/C15H16N2S/c16-15-12-6-2-1-5-11(12)8-9-13(15)18-14-7-3-4-10-17-14/h1-7,10,13,15H,8-9,16H2. The normalized spacial score (nSPS) is 22.5. The zero-order valence-corrected chi connectivity index (χ0v) is 10.9. The lowest BCUT2D eigenvalue weighted by Crippen LogP contribution is -2.29. The summed E-state index contributed by atoms with van der Waals surface area (Å²) in [4.78, 5) is 4.37. The van der Waals surface area contributed by atoms with Gasteiger partial charge in [-0.25, -0.2) is 4.98 Å². The van der Waals surface area contributed by atoms with E-state index in [0.717, 1.165) is 17.9 Å². The van der Waals surface area contributed by atoms with E-state index < -0.39 is 0 Å². The number of aryl methyl sites for hydroxylation is 1. The molecule has 0 aliphatic heterocycles. The average molecular weight is 256 g/mol. The molecule has 0 bridgehead atoms. The highest BCUT2D eigenvalue weighted by Crippen LogP contribution is 2.37. The number of aromatic nitrogens is 1. The first-order valence-corrected chi connectivity index (χ1v) is 7.13. The number of hydrogen-bond donors (Lipinski definition) is 1.